The number of aliphatic hydroxyl groups excluding tert-OH is 1. The second-order valence-corrected chi connectivity index (χ2v) is 7.31. The van der Waals surface area contributed by atoms with Crippen molar-refractivity contribution in [1.29, 1.82) is 0 Å². The lowest BCUT2D eigenvalue weighted by molar-refractivity contribution is 0.0950. The maximum Gasteiger partial charge on any atom is 0.256 e. The van der Waals surface area contributed by atoms with E-state index in [0.29, 0.717) is 27.1 Å². The van der Waals surface area contributed by atoms with Gasteiger partial charge in [-0.2, -0.15) is 4.98 Å². The third-order valence-electron chi connectivity index (χ3n) is 4.72. The molecule has 1 aromatic carbocycles. The normalized spacial score (nSPS) is 24.9. The molecule has 1 atom stereocenters. The van der Waals surface area contributed by atoms with Crippen molar-refractivity contribution in [2.24, 2.45) is 0 Å². The van der Waals surface area contributed by atoms with E-state index in [0.717, 1.165) is 6.20 Å². The van der Waals surface area contributed by atoms with E-state index in [-0.39, 0.29) is 24.5 Å². The van der Waals surface area contributed by atoms with Gasteiger partial charge in [0.25, 0.3) is 5.91 Å². The van der Waals surface area contributed by atoms with Gasteiger partial charge in [-0.05, 0) is 36.5 Å². The van der Waals surface area contributed by atoms with E-state index >= 15 is 0 Å². The van der Waals surface area contributed by atoms with Gasteiger partial charge in [0.1, 0.15) is 23.0 Å². The highest BCUT2D eigenvalue weighted by molar-refractivity contribution is 6.32. The summed E-state index contributed by atoms with van der Waals surface area (Å²) in [5.74, 6) is -0.648. The Hall–Kier alpha value is -3.50. The van der Waals surface area contributed by atoms with E-state index in [1.807, 2.05) is 0 Å². The summed E-state index contributed by atoms with van der Waals surface area (Å²) in [6.07, 6.45) is -2.40. The molecule has 3 heterocycles. The molecule has 1 amide bonds. The van der Waals surface area contributed by atoms with Crippen LogP contribution in [0.3, 0.4) is 0 Å². The molecule has 178 valence electrons. The van der Waals surface area contributed by atoms with Gasteiger partial charge in [-0.1, -0.05) is 17.7 Å². The van der Waals surface area contributed by atoms with E-state index < -0.39 is 43.7 Å². The summed E-state index contributed by atoms with van der Waals surface area (Å²) < 4.78 is 63.3. The SMILES string of the molecule is [2H]C1([2H])N(c2ncc(C(=O)NCc3ncccn3)c(NCc3ccc(OC)c(Cl)c3)n2)[C@]([2H])(CO)C([2H])([2H])C1([2H])[2H]. The average Bonchev–Trinajstić information content (AvgIpc) is 3.02. The average molecular weight is 491 g/mol. The van der Waals surface area contributed by atoms with Crippen LogP contribution in [0.25, 0.3) is 0 Å². The summed E-state index contributed by atoms with van der Waals surface area (Å²) in [5, 5.41) is 15.9. The van der Waals surface area contributed by atoms with E-state index in [2.05, 4.69) is 30.6 Å². The third kappa shape index (κ3) is 5.52. The number of halogens is 1. The van der Waals surface area contributed by atoms with Crippen LogP contribution >= 0.6 is 11.6 Å². The number of benzene rings is 1. The Kier molecular flexibility index (Phi) is 5.27. The van der Waals surface area contributed by atoms with Crippen molar-refractivity contribution in [2.75, 3.05) is 30.4 Å². The molecule has 11 heteroatoms. The number of hydrogen-bond acceptors (Lipinski definition) is 9. The Bertz CT molecular complexity index is 1440. The summed E-state index contributed by atoms with van der Waals surface area (Å²) in [7, 11) is 1.47. The second-order valence-electron chi connectivity index (χ2n) is 6.90. The maximum absolute atomic E-state index is 13.1. The van der Waals surface area contributed by atoms with Crippen molar-refractivity contribution in [3.8, 4) is 5.75 Å². The molecule has 1 aliphatic rings. The first-order chi connectivity index (χ1) is 19.2. The lowest BCUT2D eigenvalue weighted by Crippen LogP contribution is -2.34. The number of carbonyl (C=O) groups excluding carboxylic acids is 1. The Balaban J connectivity index is 1.74. The van der Waals surface area contributed by atoms with Crippen LogP contribution in [0.1, 0.15) is 44.1 Å². The highest BCUT2D eigenvalue weighted by atomic mass is 35.5. The topological polar surface area (TPSA) is 125 Å². The number of anilines is 2. The summed E-state index contributed by atoms with van der Waals surface area (Å²) in [5.41, 5.74) is 0.545. The molecule has 3 N–H and O–H groups in total. The van der Waals surface area contributed by atoms with Crippen LogP contribution in [0, 0.1) is 0 Å². The Morgan fingerprint density at radius 1 is 1.35 bits per heavy atom. The Labute approximate surface area is 212 Å². The van der Waals surface area contributed by atoms with E-state index in [1.165, 1.54) is 19.5 Å². The Morgan fingerprint density at radius 3 is 2.91 bits per heavy atom. The zero-order valence-corrected chi connectivity index (χ0v) is 18.8. The summed E-state index contributed by atoms with van der Waals surface area (Å²) in [4.78, 5) is 29.8. The number of nitrogens with zero attached hydrogens (tertiary/aromatic N) is 5. The number of nitrogens with one attached hydrogen (secondary N) is 2. The maximum atomic E-state index is 13.1. The van der Waals surface area contributed by atoms with Gasteiger partial charge < -0.3 is 25.4 Å². The quantitative estimate of drug-likeness (QED) is 0.414. The minimum atomic E-state index is -3.26. The van der Waals surface area contributed by atoms with Gasteiger partial charge in [-0.25, -0.2) is 15.0 Å². The van der Waals surface area contributed by atoms with Gasteiger partial charge in [0.2, 0.25) is 5.95 Å². The molecule has 34 heavy (non-hydrogen) atoms. The minimum Gasteiger partial charge on any atom is -0.495 e. The third-order valence-corrected chi connectivity index (χ3v) is 5.01. The Morgan fingerprint density at radius 2 is 2.18 bits per heavy atom. The molecule has 4 rings (SSSR count). The van der Waals surface area contributed by atoms with E-state index in [4.69, 9.17) is 25.9 Å². The van der Waals surface area contributed by atoms with E-state index in [1.54, 1.807) is 24.3 Å². The molecule has 10 nitrogen and oxygen atoms in total. The highest BCUT2D eigenvalue weighted by Crippen LogP contribution is 2.27. The van der Waals surface area contributed by atoms with Crippen LogP contribution in [0.5, 0.6) is 5.75 Å². The first kappa shape index (κ1) is 16.2. The fraction of sp³-hybridized carbons (Fsp3) is 0.348. The number of methoxy groups -OCH3 is 1. The molecule has 3 aromatic rings. The smallest absolute Gasteiger partial charge is 0.256 e. The van der Waals surface area contributed by atoms with Crippen molar-refractivity contribution >= 4 is 29.3 Å². The van der Waals surface area contributed by atoms with Crippen molar-refractivity contribution < 1.29 is 24.2 Å². The molecule has 0 bridgehead atoms. The number of amides is 1. The van der Waals surface area contributed by atoms with Gasteiger partial charge in [-0.3, -0.25) is 4.79 Å². The fourth-order valence-corrected chi connectivity index (χ4v) is 3.30. The zero-order valence-electron chi connectivity index (χ0n) is 25.0. The number of aromatic nitrogens is 4. The van der Waals surface area contributed by atoms with Gasteiger partial charge in [0.05, 0.1) is 32.7 Å². The van der Waals surface area contributed by atoms with Gasteiger partial charge >= 0.3 is 0 Å². The van der Waals surface area contributed by atoms with Crippen LogP contribution in [-0.4, -0.2) is 57.2 Å². The van der Waals surface area contributed by atoms with Crippen LogP contribution < -0.4 is 20.3 Å². The molecule has 2 aromatic heterocycles. The first-order valence-electron chi connectivity index (χ1n) is 13.6. The zero-order chi connectivity index (χ0) is 30.2. The molecular weight excluding hydrogens is 458 g/mol. The predicted octanol–water partition coefficient (Wildman–Crippen LogP) is 2.43. The monoisotopic (exact) mass is 490 g/mol. The molecule has 0 saturated carbocycles. The molecular formula is C23H26ClN7O3. The summed E-state index contributed by atoms with van der Waals surface area (Å²) in [6, 6.07) is 3.72. The van der Waals surface area contributed by atoms with Gasteiger partial charge in [0.15, 0.2) is 0 Å². The molecule has 0 spiro atoms. The predicted molar refractivity (Wildman–Crippen MR) is 128 cm³/mol. The molecule has 1 saturated heterocycles. The van der Waals surface area contributed by atoms with Gasteiger partial charge in [0, 0.05) is 39.9 Å². The molecule has 1 fully saturated rings. The number of rotatable bonds is 9. The van der Waals surface area contributed by atoms with Crippen LogP contribution in [0.15, 0.2) is 42.9 Å². The van der Waals surface area contributed by atoms with Crippen LogP contribution in [0.2, 0.25) is 5.02 Å². The fourth-order valence-electron chi connectivity index (χ4n) is 3.02. The number of aliphatic hydroxyl groups is 1. The van der Waals surface area contributed by atoms with Crippen molar-refractivity contribution in [2.45, 2.75) is 31.9 Å². The summed E-state index contributed by atoms with van der Waals surface area (Å²) >= 11 is 6.22. The highest BCUT2D eigenvalue weighted by Gasteiger charge is 2.27. The lowest BCUT2D eigenvalue weighted by atomic mass is 10.2. The first-order valence-corrected chi connectivity index (χ1v) is 10.5. The minimum absolute atomic E-state index is 0.0373. The van der Waals surface area contributed by atoms with Crippen LogP contribution in [0.4, 0.5) is 11.8 Å². The van der Waals surface area contributed by atoms with Crippen molar-refractivity contribution in [3.05, 3.63) is 64.8 Å². The number of carbonyl (C=O) groups is 1. The van der Waals surface area contributed by atoms with E-state index in [9.17, 15) is 9.90 Å². The number of ether oxygens (including phenoxy) is 1. The van der Waals surface area contributed by atoms with Crippen LogP contribution in [-0.2, 0) is 13.1 Å². The molecule has 0 radical (unpaired) electrons. The summed E-state index contributed by atoms with van der Waals surface area (Å²) in [6.45, 7) is -4.43. The molecule has 0 unspecified atom stereocenters. The molecule has 0 aliphatic carbocycles. The largest absolute Gasteiger partial charge is 0.495 e. The van der Waals surface area contributed by atoms with Gasteiger partial charge in [-0.15, -0.1) is 0 Å². The lowest BCUT2D eigenvalue weighted by Gasteiger charge is -2.24. The van der Waals surface area contributed by atoms with Crippen molar-refractivity contribution in [1.82, 2.24) is 25.3 Å². The standard InChI is InChI=1S/C23H26ClN7O3/c1-34-19-6-5-15(10-18(19)24)11-27-21-17(22(33)28-13-20-25-7-3-8-26-20)12-29-23(30-21)31-9-2-4-16(31)14-32/h3,5-8,10,12,16,32H,2,4,9,11,13-14H2,1H3,(H,28,33)(H,27,29,30)/t16-/m0/s1/i2D2,4D2,9D2,16D. The molecule has 1 aliphatic heterocycles. The number of hydrogen-bond donors (Lipinski definition) is 3. The second kappa shape index (κ2) is 11.1. The van der Waals surface area contributed by atoms with Crippen molar-refractivity contribution in [3.63, 3.8) is 0 Å².